The molecule has 0 atom stereocenters. The Bertz CT molecular complexity index is 950. The molecule has 2 aromatic carbocycles. The number of anilines is 3. The summed E-state index contributed by atoms with van der Waals surface area (Å²) in [5, 5.41) is 22.2. The second-order valence-electron chi connectivity index (χ2n) is 5.02. The molecule has 1 amide bonds. The normalized spacial score (nSPS) is 9.92. The molecule has 1 aromatic heterocycles. The maximum absolute atomic E-state index is 13.6. The van der Waals surface area contributed by atoms with E-state index in [9.17, 15) is 9.18 Å². The fourth-order valence-corrected chi connectivity index (χ4v) is 2.10. The summed E-state index contributed by atoms with van der Waals surface area (Å²) >= 11 is 0. The van der Waals surface area contributed by atoms with Gasteiger partial charge in [-0.3, -0.25) is 4.79 Å². The number of rotatable bonds is 4. The summed E-state index contributed by atoms with van der Waals surface area (Å²) in [6.45, 7) is 0. The first-order valence-corrected chi connectivity index (χ1v) is 7.33. The van der Waals surface area contributed by atoms with Gasteiger partial charge in [-0.05, 0) is 36.4 Å². The highest BCUT2D eigenvalue weighted by molar-refractivity contribution is 6.02. The number of hydrogen-bond acceptors (Lipinski definition) is 5. The second-order valence-corrected chi connectivity index (χ2v) is 5.02. The van der Waals surface area contributed by atoms with Crippen molar-refractivity contribution in [3.8, 4) is 6.07 Å². The van der Waals surface area contributed by atoms with Crippen LogP contribution in [-0.4, -0.2) is 16.1 Å². The number of amides is 1. The van der Waals surface area contributed by atoms with Gasteiger partial charge in [-0.2, -0.15) is 5.26 Å². The maximum Gasteiger partial charge on any atom is 0.276 e. The number of aromatic nitrogens is 2. The minimum atomic E-state index is -0.568. The zero-order chi connectivity index (χ0) is 17.6. The van der Waals surface area contributed by atoms with Crippen molar-refractivity contribution in [2.75, 3.05) is 10.6 Å². The lowest BCUT2D eigenvalue weighted by Crippen LogP contribution is -2.15. The zero-order valence-electron chi connectivity index (χ0n) is 12.9. The first-order chi connectivity index (χ1) is 12.2. The predicted molar refractivity (Wildman–Crippen MR) is 90.8 cm³/mol. The van der Waals surface area contributed by atoms with E-state index in [2.05, 4.69) is 26.9 Å². The smallest absolute Gasteiger partial charge is 0.276 e. The average Bonchev–Trinajstić information content (AvgIpc) is 2.64. The Kier molecular flexibility index (Phi) is 4.62. The van der Waals surface area contributed by atoms with E-state index in [1.54, 1.807) is 36.4 Å². The Morgan fingerprint density at radius 1 is 0.960 bits per heavy atom. The third-order valence-electron chi connectivity index (χ3n) is 3.33. The summed E-state index contributed by atoms with van der Waals surface area (Å²) in [5.41, 5.74) is 1.16. The van der Waals surface area contributed by atoms with Crippen LogP contribution in [0.1, 0.15) is 16.1 Å². The molecular formula is C18H12FN5O. The van der Waals surface area contributed by atoms with Crippen molar-refractivity contribution in [3.63, 3.8) is 0 Å². The minimum Gasteiger partial charge on any atom is -0.338 e. The molecule has 6 nitrogen and oxygen atoms in total. The molecular weight excluding hydrogens is 321 g/mol. The van der Waals surface area contributed by atoms with Crippen LogP contribution in [0.3, 0.4) is 0 Å². The number of benzene rings is 2. The molecule has 122 valence electrons. The van der Waals surface area contributed by atoms with Gasteiger partial charge < -0.3 is 10.6 Å². The van der Waals surface area contributed by atoms with Crippen LogP contribution in [0.2, 0.25) is 0 Å². The third-order valence-corrected chi connectivity index (χ3v) is 3.33. The van der Waals surface area contributed by atoms with Gasteiger partial charge >= 0.3 is 0 Å². The molecule has 1 heterocycles. The minimum absolute atomic E-state index is 0.0439. The molecule has 0 fully saturated rings. The van der Waals surface area contributed by atoms with Crippen LogP contribution in [0.4, 0.5) is 21.6 Å². The molecule has 0 saturated carbocycles. The Morgan fingerprint density at radius 2 is 1.68 bits per heavy atom. The number of carbonyl (C=O) groups excluding carboxylic acids is 1. The number of carbonyl (C=O) groups is 1. The lowest BCUT2D eigenvalue weighted by Gasteiger charge is -2.08. The SMILES string of the molecule is N#Cc1ccccc1Nc1ccc(C(=O)Nc2ccccc2F)nn1. The molecule has 25 heavy (non-hydrogen) atoms. The Labute approximate surface area is 143 Å². The van der Waals surface area contributed by atoms with Crippen molar-refractivity contribution in [1.29, 1.82) is 5.26 Å². The number of para-hydroxylation sites is 2. The summed E-state index contributed by atoms with van der Waals surface area (Å²) in [6.07, 6.45) is 0. The van der Waals surface area contributed by atoms with E-state index in [4.69, 9.17) is 5.26 Å². The second kappa shape index (κ2) is 7.19. The summed E-state index contributed by atoms with van der Waals surface area (Å²) < 4.78 is 13.6. The monoisotopic (exact) mass is 333 g/mol. The number of nitrogens with one attached hydrogen (secondary N) is 2. The lowest BCUT2D eigenvalue weighted by molar-refractivity contribution is 0.102. The van der Waals surface area contributed by atoms with Crippen molar-refractivity contribution in [3.05, 3.63) is 77.7 Å². The van der Waals surface area contributed by atoms with Gasteiger partial charge in [-0.25, -0.2) is 4.39 Å². The van der Waals surface area contributed by atoms with Crippen LogP contribution in [0.25, 0.3) is 0 Å². The van der Waals surface area contributed by atoms with Crippen molar-refractivity contribution < 1.29 is 9.18 Å². The standard InChI is InChI=1S/C18H12FN5O/c19-13-6-2-4-8-15(13)22-18(25)16-9-10-17(24-23-16)21-14-7-3-1-5-12(14)11-20/h1-10H,(H,21,24)(H,22,25). The first-order valence-electron chi connectivity index (χ1n) is 7.33. The first kappa shape index (κ1) is 16.1. The maximum atomic E-state index is 13.6. The molecule has 3 aromatic rings. The van der Waals surface area contributed by atoms with Crippen molar-refractivity contribution in [1.82, 2.24) is 10.2 Å². The van der Waals surface area contributed by atoms with Crippen LogP contribution < -0.4 is 10.6 Å². The quantitative estimate of drug-likeness (QED) is 0.763. The Morgan fingerprint density at radius 3 is 2.36 bits per heavy atom. The van der Waals surface area contributed by atoms with Crippen LogP contribution in [0, 0.1) is 17.1 Å². The van der Waals surface area contributed by atoms with Gasteiger partial charge in [0.2, 0.25) is 0 Å². The van der Waals surface area contributed by atoms with E-state index >= 15 is 0 Å². The molecule has 3 rings (SSSR count). The fourth-order valence-electron chi connectivity index (χ4n) is 2.10. The molecule has 0 unspecified atom stereocenters. The highest BCUT2D eigenvalue weighted by atomic mass is 19.1. The van der Waals surface area contributed by atoms with Crippen molar-refractivity contribution in [2.45, 2.75) is 0 Å². The number of hydrogen-bond donors (Lipinski definition) is 2. The Balaban J connectivity index is 1.73. The van der Waals surface area contributed by atoms with Crippen molar-refractivity contribution >= 4 is 23.1 Å². The molecule has 0 aliphatic heterocycles. The third kappa shape index (κ3) is 3.76. The van der Waals surface area contributed by atoms with Gasteiger partial charge in [0.1, 0.15) is 11.9 Å². The van der Waals surface area contributed by atoms with Crippen LogP contribution in [-0.2, 0) is 0 Å². The molecule has 0 spiro atoms. The summed E-state index contributed by atoms with van der Waals surface area (Å²) in [5.74, 6) is -0.720. The average molecular weight is 333 g/mol. The van der Waals surface area contributed by atoms with E-state index in [1.807, 2.05) is 0 Å². The summed E-state index contributed by atoms with van der Waals surface area (Å²) in [4.78, 5) is 12.1. The molecule has 0 bridgehead atoms. The van der Waals surface area contributed by atoms with E-state index in [1.165, 1.54) is 24.3 Å². The predicted octanol–water partition coefficient (Wildman–Crippen LogP) is 3.48. The zero-order valence-corrected chi connectivity index (χ0v) is 12.9. The van der Waals surface area contributed by atoms with Gasteiger partial charge in [0.25, 0.3) is 5.91 Å². The number of halogens is 1. The summed E-state index contributed by atoms with van der Waals surface area (Å²) in [7, 11) is 0. The lowest BCUT2D eigenvalue weighted by atomic mass is 10.2. The fraction of sp³-hybridized carbons (Fsp3) is 0. The van der Waals surface area contributed by atoms with Gasteiger partial charge in [-0.15, -0.1) is 10.2 Å². The van der Waals surface area contributed by atoms with Gasteiger partial charge in [0.05, 0.1) is 16.9 Å². The number of nitriles is 1. The topological polar surface area (TPSA) is 90.7 Å². The largest absolute Gasteiger partial charge is 0.338 e. The molecule has 7 heteroatoms. The van der Waals surface area contributed by atoms with E-state index in [0.29, 0.717) is 17.1 Å². The number of nitrogens with zero attached hydrogens (tertiary/aromatic N) is 3. The Hall–Kier alpha value is -3.79. The van der Waals surface area contributed by atoms with E-state index < -0.39 is 11.7 Å². The highest BCUT2D eigenvalue weighted by Crippen LogP contribution is 2.18. The van der Waals surface area contributed by atoms with Gasteiger partial charge in [0.15, 0.2) is 11.5 Å². The van der Waals surface area contributed by atoms with Gasteiger partial charge in [-0.1, -0.05) is 24.3 Å². The molecule has 0 saturated heterocycles. The molecule has 2 N–H and O–H groups in total. The van der Waals surface area contributed by atoms with E-state index in [0.717, 1.165) is 0 Å². The van der Waals surface area contributed by atoms with Gasteiger partial charge in [0, 0.05) is 0 Å². The molecule has 0 aliphatic carbocycles. The highest BCUT2D eigenvalue weighted by Gasteiger charge is 2.11. The molecule has 0 aliphatic rings. The van der Waals surface area contributed by atoms with Crippen LogP contribution >= 0.6 is 0 Å². The van der Waals surface area contributed by atoms with E-state index in [-0.39, 0.29) is 11.4 Å². The summed E-state index contributed by atoms with van der Waals surface area (Å²) in [6, 6.07) is 17.9. The van der Waals surface area contributed by atoms with Crippen LogP contribution in [0.5, 0.6) is 0 Å². The van der Waals surface area contributed by atoms with Crippen molar-refractivity contribution in [2.24, 2.45) is 0 Å². The van der Waals surface area contributed by atoms with Crippen LogP contribution in [0.15, 0.2) is 60.7 Å². The molecule has 0 radical (unpaired) electrons.